The van der Waals surface area contributed by atoms with Gasteiger partial charge in [0.25, 0.3) is 0 Å². The number of rotatable bonds is 4. The Hall–Kier alpha value is -2.77. The Morgan fingerprint density at radius 1 is 1.14 bits per heavy atom. The minimum Gasteiger partial charge on any atom is -0.322 e. The fourth-order valence-corrected chi connectivity index (χ4v) is 4.86. The van der Waals surface area contributed by atoms with E-state index in [1.165, 1.54) is 34.2 Å². The van der Waals surface area contributed by atoms with Crippen molar-refractivity contribution in [1.29, 1.82) is 0 Å². The van der Waals surface area contributed by atoms with Gasteiger partial charge in [-0.1, -0.05) is 24.3 Å². The molecule has 1 aliphatic carbocycles. The zero-order valence-electron chi connectivity index (χ0n) is 15.3. The van der Waals surface area contributed by atoms with Crippen molar-refractivity contribution in [3.63, 3.8) is 0 Å². The molecule has 0 atom stereocenters. The number of thiophene rings is 1. The fraction of sp³-hybridized carbons (Fsp3) is 0.286. The van der Waals surface area contributed by atoms with Crippen LogP contribution in [0.15, 0.2) is 36.4 Å². The van der Waals surface area contributed by atoms with Crippen molar-refractivity contribution in [2.75, 3.05) is 18.4 Å². The van der Waals surface area contributed by atoms with Crippen LogP contribution >= 0.6 is 11.3 Å². The molecule has 0 radical (unpaired) electrons. The number of fused-ring (bicyclic) bond motifs is 3. The number of H-pyrrole nitrogens is 1. The molecule has 4 aromatic rings. The lowest BCUT2D eigenvalue weighted by Crippen LogP contribution is -2.20. The summed E-state index contributed by atoms with van der Waals surface area (Å²) in [6.07, 6.45) is 5.65. The van der Waals surface area contributed by atoms with Crippen LogP contribution in [0.5, 0.6) is 0 Å². The van der Waals surface area contributed by atoms with Crippen LogP contribution in [0, 0.1) is 0 Å². The first kappa shape index (κ1) is 16.2. The molecule has 140 valence electrons. The molecular formula is C21H20N6S. The second kappa shape index (κ2) is 6.39. The minimum atomic E-state index is 0.647. The van der Waals surface area contributed by atoms with E-state index in [0.717, 1.165) is 47.2 Å². The maximum absolute atomic E-state index is 4.97. The molecule has 1 aliphatic heterocycles. The number of hydrogen-bond acceptors (Lipinski definition) is 6. The average Bonchev–Trinajstić information content (AvgIpc) is 3.37. The normalized spacial score (nSPS) is 17.2. The highest BCUT2D eigenvalue weighted by atomic mass is 32.1. The van der Waals surface area contributed by atoms with Gasteiger partial charge in [0, 0.05) is 34.3 Å². The molecule has 6 nitrogen and oxygen atoms in total. The summed E-state index contributed by atoms with van der Waals surface area (Å²) in [4.78, 5) is 9.89. The number of anilines is 2. The first-order valence-electron chi connectivity index (χ1n) is 9.77. The van der Waals surface area contributed by atoms with Gasteiger partial charge >= 0.3 is 0 Å². The van der Waals surface area contributed by atoms with Crippen LogP contribution in [-0.2, 0) is 0 Å². The van der Waals surface area contributed by atoms with Gasteiger partial charge in [0.15, 0.2) is 17.5 Å². The van der Waals surface area contributed by atoms with Gasteiger partial charge in [0.2, 0.25) is 0 Å². The number of hydrogen-bond donors (Lipinski definition) is 3. The highest BCUT2D eigenvalue weighted by Crippen LogP contribution is 2.41. The summed E-state index contributed by atoms with van der Waals surface area (Å²) in [6.45, 7) is 1.83. The molecule has 0 saturated heterocycles. The third-order valence-corrected chi connectivity index (χ3v) is 6.60. The first-order valence-corrected chi connectivity index (χ1v) is 10.6. The number of nitrogens with one attached hydrogen (secondary N) is 3. The van der Waals surface area contributed by atoms with E-state index in [1.807, 2.05) is 0 Å². The van der Waals surface area contributed by atoms with Gasteiger partial charge in [-0.05, 0) is 37.4 Å². The van der Waals surface area contributed by atoms with Crippen molar-refractivity contribution in [3.8, 4) is 0 Å². The van der Waals surface area contributed by atoms with Crippen molar-refractivity contribution in [1.82, 2.24) is 25.5 Å². The Bertz CT molecular complexity index is 1220. The maximum atomic E-state index is 4.97. The van der Waals surface area contributed by atoms with Crippen molar-refractivity contribution in [2.45, 2.75) is 25.2 Å². The second-order valence-corrected chi connectivity index (χ2v) is 8.52. The number of nitrogens with zero attached hydrogens (tertiary/aromatic N) is 3. The van der Waals surface area contributed by atoms with Gasteiger partial charge in [-0.3, -0.25) is 5.10 Å². The van der Waals surface area contributed by atoms with Crippen LogP contribution in [0.3, 0.4) is 0 Å². The lowest BCUT2D eigenvalue weighted by atomic mass is 10.1. The zero-order chi connectivity index (χ0) is 18.5. The summed E-state index contributed by atoms with van der Waals surface area (Å²) in [7, 11) is 0. The quantitative estimate of drug-likeness (QED) is 0.477. The molecule has 0 amide bonds. The van der Waals surface area contributed by atoms with Crippen LogP contribution in [0.25, 0.3) is 25.9 Å². The SMILES string of the molecule is C1=C(c2nc(Nc3cc(C4CC4)[nH]n3)c3sc4ccccc4c3n2)CCNC1. The van der Waals surface area contributed by atoms with Crippen LogP contribution in [0.4, 0.5) is 11.6 Å². The van der Waals surface area contributed by atoms with Crippen molar-refractivity contribution < 1.29 is 0 Å². The Morgan fingerprint density at radius 2 is 2.07 bits per heavy atom. The molecule has 0 bridgehead atoms. The topological polar surface area (TPSA) is 78.5 Å². The van der Waals surface area contributed by atoms with Crippen LogP contribution in [-0.4, -0.2) is 33.3 Å². The Labute approximate surface area is 166 Å². The van der Waals surface area contributed by atoms with Crippen LogP contribution < -0.4 is 10.6 Å². The molecule has 1 aromatic carbocycles. The number of aromatic amines is 1. The molecular weight excluding hydrogens is 368 g/mol. The van der Waals surface area contributed by atoms with Crippen molar-refractivity contribution in [3.05, 3.63) is 47.9 Å². The fourth-order valence-electron chi connectivity index (χ4n) is 3.77. The standard InChI is InChI=1S/C21H20N6S/c1-2-4-16-14(3-1)18-19(28-16)21(23-17-11-15(26-27-17)12-5-6-12)25-20(24-18)13-7-9-22-10-8-13/h1-4,7,11-12,22H,5-6,8-10H2,(H2,23,24,25,26,27). The third kappa shape index (κ3) is 2.78. The van der Waals surface area contributed by atoms with E-state index < -0.39 is 0 Å². The molecule has 1 saturated carbocycles. The van der Waals surface area contributed by atoms with Gasteiger partial charge < -0.3 is 10.6 Å². The summed E-state index contributed by atoms with van der Waals surface area (Å²) in [5.41, 5.74) is 3.44. The Balaban J connectivity index is 1.51. The molecule has 2 aliphatic rings. The lowest BCUT2D eigenvalue weighted by Gasteiger charge is -2.14. The monoisotopic (exact) mass is 388 g/mol. The summed E-state index contributed by atoms with van der Waals surface area (Å²) >= 11 is 1.73. The first-order chi connectivity index (χ1) is 13.8. The average molecular weight is 389 g/mol. The van der Waals surface area contributed by atoms with E-state index in [9.17, 15) is 0 Å². The highest BCUT2D eigenvalue weighted by Gasteiger charge is 2.26. The van der Waals surface area contributed by atoms with E-state index in [-0.39, 0.29) is 0 Å². The molecule has 0 unspecified atom stereocenters. The Morgan fingerprint density at radius 3 is 2.93 bits per heavy atom. The Kier molecular flexibility index (Phi) is 3.70. The molecule has 0 spiro atoms. The summed E-state index contributed by atoms with van der Waals surface area (Å²) in [6, 6.07) is 10.6. The van der Waals surface area contributed by atoms with Gasteiger partial charge in [0.1, 0.15) is 0 Å². The van der Waals surface area contributed by atoms with Gasteiger partial charge in [-0.2, -0.15) is 5.10 Å². The van der Waals surface area contributed by atoms with Gasteiger partial charge in [-0.15, -0.1) is 11.3 Å². The molecule has 3 N–H and O–H groups in total. The predicted octanol–water partition coefficient (Wildman–Crippen LogP) is 4.57. The summed E-state index contributed by atoms with van der Waals surface area (Å²) in [5.74, 6) is 3.13. The summed E-state index contributed by atoms with van der Waals surface area (Å²) < 4.78 is 2.31. The van der Waals surface area contributed by atoms with Crippen molar-refractivity contribution in [2.24, 2.45) is 0 Å². The van der Waals surface area contributed by atoms with E-state index in [4.69, 9.17) is 9.97 Å². The second-order valence-electron chi connectivity index (χ2n) is 7.46. The third-order valence-electron chi connectivity index (χ3n) is 5.43. The van der Waals surface area contributed by atoms with Crippen LogP contribution in [0.1, 0.15) is 36.7 Å². The van der Waals surface area contributed by atoms with Crippen molar-refractivity contribution >= 4 is 48.8 Å². The molecule has 7 heteroatoms. The van der Waals surface area contributed by atoms with E-state index in [0.29, 0.717) is 5.92 Å². The smallest absolute Gasteiger partial charge is 0.158 e. The maximum Gasteiger partial charge on any atom is 0.158 e. The van der Waals surface area contributed by atoms with E-state index in [1.54, 1.807) is 11.3 Å². The molecule has 6 rings (SSSR count). The minimum absolute atomic E-state index is 0.647. The number of aromatic nitrogens is 4. The van der Waals surface area contributed by atoms with Gasteiger partial charge in [-0.25, -0.2) is 9.97 Å². The summed E-state index contributed by atoms with van der Waals surface area (Å²) in [5, 5.41) is 15.6. The van der Waals surface area contributed by atoms with E-state index in [2.05, 4.69) is 57.2 Å². The molecule has 3 aromatic heterocycles. The van der Waals surface area contributed by atoms with Gasteiger partial charge in [0.05, 0.1) is 10.2 Å². The highest BCUT2D eigenvalue weighted by molar-refractivity contribution is 7.26. The predicted molar refractivity (Wildman–Crippen MR) is 114 cm³/mol. The number of benzene rings is 1. The lowest BCUT2D eigenvalue weighted by molar-refractivity contribution is 0.735. The molecule has 28 heavy (non-hydrogen) atoms. The van der Waals surface area contributed by atoms with Crippen LogP contribution in [0.2, 0.25) is 0 Å². The molecule has 4 heterocycles. The molecule has 1 fully saturated rings. The zero-order valence-corrected chi connectivity index (χ0v) is 16.1. The van der Waals surface area contributed by atoms with E-state index >= 15 is 0 Å². The largest absolute Gasteiger partial charge is 0.322 e.